The Morgan fingerprint density at radius 3 is 3.06 bits per heavy atom. The van der Waals surface area contributed by atoms with E-state index in [-0.39, 0.29) is 5.82 Å². The molecule has 0 aliphatic carbocycles. The number of hydrogen-bond donors (Lipinski definition) is 0. The van der Waals surface area contributed by atoms with Crippen molar-refractivity contribution < 1.29 is 9.18 Å². The molecule has 1 aliphatic heterocycles. The van der Waals surface area contributed by atoms with Crippen LogP contribution in [0, 0.1) is 12.7 Å². The molecule has 0 unspecified atom stereocenters. The van der Waals surface area contributed by atoms with Crippen LogP contribution in [0.4, 0.5) is 15.2 Å². The maximum Gasteiger partial charge on any atom is 0.190 e. The number of fused-ring (bicyclic) bond motifs is 1. The molecule has 0 saturated heterocycles. The monoisotopic (exact) mass is 262 g/mol. The summed E-state index contributed by atoms with van der Waals surface area (Å²) >= 11 is 1.35. The van der Waals surface area contributed by atoms with Gasteiger partial charge in [0.25, 0.3) is 0 Å². The Kier molecular flexibility index (Phi) is 2.63. The summed E-state index contributed by atoms with van der Waals surface area (Å²) in [4.78, 5) is 17.8. The molecular weight excluding hydrogens is 251 g/mol. The minimum atomic E-state index is -0.246. The van der Waals surface area contributed by atoms with Crippen LogP contribution in [0.2, 0.25) is 0 Å². The van der Waals surface area contributed by atoms with Gasteiger partial charge in [-0.2, -0.15) is 0 Å². The van der Waals surface area contributed by atoms with E-state index < -0.39 is 0 Å². The molecule has 0 radical (unpaired) electrons. The van der Waals surface area contributed by atoms with Crippen molar-refractivity contribution >= 4 is 28.4 Å². The molecule has 5 heteroatoms. The molecule has 92 valence electrons. The largest absolute Gasteiger partial charge is 0.317 e. The van der Waals surface area contributed by atoms with Gasteiger partial charge in [0.1, 0.15) is 5.82 Å². The van der Waals surface area contributed by atoms with Crippen molar-refractivity contribution in [2.45, 2.75) is 13.3 Å². The van der Waals surface area contributed by atoms with Gasteiger partial charge in [-0.1, -0.05) is 17.4 Å². The molecule has 0 atom stereocenters. The number of nitrogens with zero attached hydrogens (tertiary/aromatic N) is 2. The fraction of sp³-hybridized carbons (Fsp3) is 0.231. The topological polar surface area (TPSA) is 33.2 Å². The minimum absolute atomic E-state index is 0.246. The Bertz CT molecular complexity index is 623. The highest BCUT2D eigenvalue weighted by molar-refractivity contribution is 7.17. The first kappa shape index (κ1) is 11.3. The SMILES string of the molecule is Cc1nc(N2CCc3ccc(F)cc32)sc1C=O. The third-order valence-corrected chi connectivity index (χ3v) is 4.21. The van der Waals surface area contributed by atoms with Crippen LogP contribution in [0.25, 0.3) is 0 Å². The molecule has 2 heterocycles. The smallest absolute Gasteiger partial charge is 0.190 e. The fourth-order valence-corrected chi connectivity index (χ4v) is 3.09. The Hall–Kier alpha value is -1.75. The molecule has 1 aromatic carbocycles. The van der Waals surface area contributed by atoms with Crippen molar-refractivity contribution in [2.24, 2.45) is 0 Å². The molecule has 0 amide bonds. The highest BCUT2D eigenvalue weighted by atomic mass is 32.1. The Morgan fingerprint density at radius 1 is 1.50 bits per heavy atom. The molecule has 1 aromatic heterocycles. The lowest BCUT2D eigenvalue weighted by Crippen LogP contribution is -2.12. The first-order valence-electron chi connectivity index (χ1n) is 5.67. The van der Waals surface area contributed by atoms with Crippen LogP contribution in [-0.4, -0.2) is 17.8 Å². The molecule has 0 N–H and O–H groups in total. The lowest BCUT2D eigenvalue weighted by molar-refractivity contribution is 0.112. The van der Waals surface area contributed by atoms with Gasteiger partial charge in [0.2, 0.25) is 0 Å². The summed E-state index contributed by atoms with van der Waals surface area (Å²) in [7, 11) is 0. The first-order chi connectivity index (χ1) is 8.69. The molecule has 1 aliphatic rings. The van der Waals surface area contributed by atoms with Crippen LogP contribution in [0.1, 0.15) is 20.9 Å². The molecule has 0 fully saturated rings. The van der Waals surface area contributed by atoms with Crippen molar-refractivity contribution in [3.8, 4) is 0 Å². The summed E-state index contributed by atoms with van der Waals surface area (Å²) in [5.74, 6) is -0.246. The van der Waals surface area contributed by atoms with Crippen LogP contribution in [0.15, 0.2) is 18.2 Å². The van der Waals surface area contributed by atoms with E-state index in [9.17, 15) is 9.18 Å². The normalized spacial score (nSPS) is 13.8. The standard InChI is InChI=1S/C13H11FN2OS/c1-8-12(7-17)18-13(15-8)16-5-4-9-2-3-10(14)6-11(9)16/h2-3,6-7H,4-5H2,1H3. The molecule has 3 nitrogen and oxygen atoms in total. The summed E-state index contributed by atoms with van der Waals surface area (Å²) in [6.07, 6.45) is 1.70. The lowest BCUT2D eigenvalue weighted by atomic mass is 10.2. The number of carbonyl (C=O) groups is 1. The van der Waals surface area contributed by atoms with E-state index in [1.54, 1.807) is 0 Å². The average Bonchev–Trinajstić information content (AvgIpc) is 2.91. The van der Waals surface area contributed by atoms with Gasteiger partial charge in [-0.05, 0) is 31.0 Å². The summed E-state index contributed by atoms with van der Waals surface area (Å²) in [5.41, 5.74) is 2.72. The summed E-state index contributed by atoms with van der Waals surface area (Å²) in [6.45, 7) is 2.59. The highest BCUT2D eigenvalue weighted by Gasteiger charge is 2.24. The van der Waals surface area contributed by atoms with Gasteiger partial charge in [0, 0.05) is 12.2 Å². The maximum atomic E-state index is 13.3. The quantitative estimate of drug-likeness (QED) is 0.780. The van der Waals surface area contributed by atoms with Gasteiger partial charge in [0.15, 0.2) is 11.4 Å². The van der Waals surface area contributed by atoms with Crippen LogP contribution < -0.4 is 4.90 Å². The van der Waals surface area contributed by atoms with Crippen LogP contribution in [-0.2, 0) is 6.42 Å². The van der Waals surface area contributed by atoms with Gasteiger partial charge in [0.05, 0.1) is 10.6 Å². The number of halogens is 1. The van der Waals surface area contributed by atoms with Crippen molar-refractivity contribution in [1.82, 2.24) is 4.98 Å². The summed E-state index contributed by atoms with van der Waals surface area (Å²) in [6, 6.07) is 4.82. The molecule has 2 aromatic rings. The van der Waals surface area contributed by atoms with E-state index in [1.165, 1.54) is 23.5 Å². The number of carbonyl (C=O) groups excluding carboxylic acids is 1. The van der Waals surface area contributed by atoms with E-state index >= 15 is 0 Å². The molecule has 3 rings (SSSR count). The van der Waals surface area contributed by atoms with Crippen LogP contribution >= 0.6 is 11.3 Å². The number of aromatic nitrogens is 1. The fourth-order valence-electron chi connectivity index (χ4n) is 2.17. The van der Waals surface area contributed by atoms with E-state index in [0.717, 1.165) is 41.3 Å². The predicted octanol–water partition coefficient (Wildman–Crippen LogP) is 3.10. The van der Waals surface area contributed by atoms with Crippen molar-refractivity contribution in [3.63, 3.8) is 0 Å². The van der Waals surface area contributed by atoms with E-state index in [0.29, 0.717) is 4.88 Å². The zero-order chi connectivity index (χ0) is 12.7. The Morgan fingerprint density at radius 2 is 2.33 bits per heavy atom. The van der Waals surface area contributed by atoms with E-state index in [2.05, 4.69) is 4.98 Å². The number of thiazole rings is 1. The van der Waals surface area contributed by atoms with Gasteiger partial charge in [-0.15, -0.1) is 0 Å². The second-order valence-corrected chi connectivity index (χ2v) is 5.25. The molecule has 18 heavy (non-hydrogen) atoms. The number of benzene rings is 1. The van der Waals surface area contributed by atoms with Crippen LogP contribution in [0.3, 0.4) is 0 Å². The second-order valence-electron chi connectivity index (χ2n) is 4.24. The maximum absolute atomic E-state index is 13.3. The molecule has 0 spiro atoms. The third-order valence-electron chi connectivity index (χ3n) is 3.10. The zero-order valence-electron chi connectivity index (χ0n) is 9.81. The van der Waals surface area contributed by atoms with Gasteiger partial charge in [-0.3, -0.25) is 4.79 Å². The highest BCUT2D eigenvalue weighted by Crippen LogP contribution is 2.37. The van der Waals surface area contributed by atoms with Crippen molar-refractivity contribution in [2.75, 3.05) is 11.4 Å². The van der Waals surface area contributed by atoms with E-state index in [1.807, 2.05) is 17.9 Å². The summed E-state index contributed by atoms with van der Waals surface area (Å²) < 4.78 is 13.3. The lowest BCUT2D eigenvalue weighted by Gasteiger charge is -2.15. The zero-order valence-corrected chi connectivity index (χ0v) is 10.6. The molecule has 0 saturated carbocycles. The minimum Gasteiger partial charge on any atom is -0.317 e. The Labute approximate surface area is 108 Å². The van der Waals surface area contributed by atoms with Crippen molar-refractivity contribution in [3.05, 3.63) is 40.2 Å². The Balaban J connectivity index is 2.05. The number of anilines is 2. The summed E-state index contributed by atoms with van der Waals surface area (Å²) in [5, 5.41) is 0.763. The number of rotatable bonds is 2. The first-order valence-corrected chi connectivity index (χ1v) is 6.49. The van der Waals surface area contributed by atoms with Gasteiger partial charge < -0.3 is 4.90 Å². The second kappa shape index (κ2) is 4.17. The van der Waals surface area contributed by atoms with Gasteiger partial charge in [-0.25, -0.2) is 9.37 Å². The molecule has 0 bridgehead atoms. The average molecular weight is 262 g/mol. The van der Waals surface area contributed by atoms with Crippen molar-refractivity contribution in [1.29, 1.82) is 0 Å². The van der Waals surface area contributed by atoms with Gasteiger partial charge >= 0.3 is 0 Å². The predicted molar refractivity (Wildman–Crippen MR) is 69.3 cm³/mol. The van der Waals surface area contributed by atoms with E-state index in [4.69, 9.17) is 0 Å². The third kappa shape index (κ3) is 1.71. The number of hydrogen-bond acceptors (Lipinski definition) is 4. The van der Waals surface area contributed by atoms with Crippen LogP contribution in [0.5, 0.6) is 0 Å². The molecular formula is C13H11FN2OS. The number of aldehydes is 1. The number of aryl methyl sites for hydroxylation is 1.